The van der Waals surface area contributed by atoms with Crippen LogP contribution in [-0.2, 0) is 11.3 Å². The summed E-state index contributed by atoms with van der Waals surface area (Å²) in [6.07, 6.45) is -4.29. The molecule has 0 unspecified atom stereocenters. The van der Waals surface area contributed by atoms with Crippen LogP contribution in [0.1, 0.15) is 15.5 Å². The number of carbonyl (C=O) groups is 2. The molecule has 0 bridgehead atoms. The summed E-state index contributed by atoms with van der Waals surface area (Å²) in [6.45, 7) is 0.00333. The highest BCUT2D eigenvalue weighted by atomic mass is 32.2. The average molecular weight is 314 g/mol. The maximum Gasteiger partial charge on any atom is 0.397 e. The molecule has 0 aliphatic heterocycles. The first-order valence-corrected chi connectivity index (χ1v) is 6.90. The number of hydrogen-bond acceptors (Lipinski definition) is 5. The number of nitrogens with zero attached hydrogens (tertiary/aromatic N) is 1. The van der Waals surface area contributed by atoms with E-state index in [0.717, 1.165) is 11.3 Å². The van der Waals surface area contributed by atoms with Crippen molar-refractivity contribution in [3.8, 4) is 0 Å². The minimum Gasteiger partial charge on any atom is -0.476 e. The van der Waals surface area contributed by atoms with Crippen molar-refractivity contribution < 1.29 is 27.9 Å². The number of thiazole rings is 1. The molecule has 0 atom stereocenters. The Kier molecular flexibility index (Phi) is 5.60. The number of thioether (sulfide) groups is 1. The molecule has 5 nitrogen and oxygen atoms in total. The molecule has 2 N–H and O–H groups in total. The first kappa shape index (κ1) is 15.8. The number of carboxylic acid groups (broad SMARTS) is 1. The lowest BCUT2D eigenvalue weighted by Gasteiger charge is -2.05. The van der Waals surface area contributed by atoms with Gasteiger partial charge in [0.2, 0.25) is 5.91 Å². The molecule has 10 heteroatoms. The average Bonchev–Trinajstić information content (AvgIpc) is 2.73. The molecule has 1 amide bonds. The van der Waals surface area contributed by atoms with Gasteiger partial charge >= 0.3 is 12.1 Å². The monoisotopic (exact) mass is 314 g/mol. The maximum absolute atomic E-state index is 11.8. The molecule has 1 aromatic heterocycles. The van der Waals surface area contributed by atoms with E-state index < -0.39 is 23.8 Å². The van der Waals surface area contributed by atoms with E-state index in [-0.39, 0.29) is 18.0 Å². The number of carbonyl (C=O) groups excluding carboxylic acids is 1. The van der Waals surface area contributed by atoms with Gasteiger partial charge in [0, 0.05) is 5.38 Å². The van der Waals surface area contributed by atoms with Gasteiger partial charge in [0.05, 0.1) is 18.1 Å². The number of aromatic nitrogens is 1. The minimum absolute atomic E-state index is 0.00333. The fourth-order valence-corrected chi connectivity index (χ4v) is 2.30. The minimum atomic E-state index is -4.29. The predicted octanol–water partition coefficient (Wildman–Crippen LogP) is 1.75. The van der Waals surface area contributed by atoms with Crippen molar-refractivity contribution in [1.29, 1.82) is 0 Å². The second kappa shape index (κ2) is 6.75. The fourth-order valence-electron chi connectivity index (χ4n) is 0.975. The summed E-state index contributed by atoms with van der Waals surface area (Å²) in [5, 5.41) is 12.7. The highest BCUT2D eigenvalue weighted by molar-refractivity contribution is 8.00. The first-order chi connectivity index (χ1) is 8.78. The van der Waals surface area contributed by atoms with Crippen LogP contribution >= 0.6 is 23.1 Å². The van der Waals surface area contributed by atoms with E-state index >= 15 is 0 Å². The molecule has 19 heavy (non-hydrogen) atoms. The molecule has 106 valence electrons. The summed E-state index contributed by atoms with van der Waals surface area (Å²) in [4.78, 5) is 25.5. The van der Waals surface area contributed by atoms with Crippen molar-refractivity contribution in [2.45, 2.75) is 12.7 Å². The van der Waals surface area contributed by atoms with Crippen molar-refractivity contribution in [3.05, 3.63) is 16.1 Å². The predicted molar refractivity (Wildman–Crippen MR) is 64.3 cm³/mol. The second-order valence-electron chi connectivity index (χ2n) is 3.32. The number of aromatic carboxylic acids is 1. The number of alkyl halides is 3. The Morgan fingerprint density at radius 2 is 2.16 bits per heavy atom. The second-order valence-corrected chi connectivity index (χ2v) is 5.24. The molecule has 0 radical (unpaired) electrons. The van der Waals surface area contributed by atoms with Gasteiger partial charge in [-0.1, -0.05) is 0 Å². The smallest absolute Gasteiger partial charge is 0.397 e. The lowest BCUT2D eigenvalue weighted by Crippen LogP contribution is -2.25. The first-order valence-electron chi connectivity index (χ1n) is 4.87. The number of rotatable bonds is 6. The summed E-state index contributed by atoms with van der Waals surface area (Å²) >= 11 is 1.52. The summed E-state index contributed by atoms with van der Waals surface area (Å²) in [5.74, 6) is -3.12. The molecule has 0 spiro atoms. The molecule has 0 saturated carbocycles. The third-order valence-electron chi connectivity index (χ3n) is 1.71. The fraction of sp³-hybridized carbons (Fsp3) is 0.444. The van der Waals surface area contributed by atoms with E-state index in [0.29, 0.717) is 16.8 Å². The Hall–Kier alpha value is -1.29. The quantitative estimate of drug-likeness (QED) is 0.836. The Balaban J connectivity index is 2.28. The van der Waals surface area contributed by atoms with Crippen molar-refractivity contribution in [3.63, 3.8) is 0 Å². The van der Waals surface area contributed by atoms with Crippen molar-refractivity contribution in [2.75, 3.05) is 11.5 Å². The zero-order chi connectivity index (χ0) is 14.5. The van der Waals surface area contributed by atoms with E-state index in [1.54, 1.807) is 0 Å². The number of halogens is 3. The molecule has 1 rings (SSSR count). The largest absolute Gasteiger partial charge is 0.476 e. The molecule has 1 heterocycles. The van der Waals surface area contributed by atoms with Crippen LogP contribution < -0.4 is 5.32 Å². The van der Waals surface area contributed by atoms with Crippen LogP contribution in [-0.4, -0.2) is 39.6 Å². The third kappa shape index (κ3) is 6.43. The van der Waals surface area contributed by atoms with E-state index in [4.69, 9.17) is 5.11 Å². The Morgan fingerprint density at radius 3 is 2.68 bits per heavy atom. The van der Waals surface area contributed by atoms with Gasteiger partial charge in [-0.05, 0) is 0 Å². The van der Waals surface area contributed by atoms with Crippen molar-refractivity contribution in [2.24, 2.45) is 0 Å². The molecule has 1 aromatic rings. The van der Waals surface area contributed by atoms with Crippen LogP contribution in [0.25, 0.3) is 0 Å². The van der Waals surface area contributed by atoms with Gasteiger partial charge < -0.3 is 10.4 Å². The van der Waals surface area contributed by atoms with Crippen LogP contribution in [0.4, 0.5) is 13.2 Å². The van der Waals surface area contributed by atoms with Crippen molar-refractivity contribution >= 4 is 35.0 Å². The molecular formula is C9H9F3N2O3S2. The van der Waals surface area contributed by atoms with Gasteiger partial charge in [-0.2, -0.15) is 13.2 Å². The van der Waals surface area contributed by atoms with E-state index in [1.165, 1.54) is 5.38 Å². The normalized spacial score (nSPS) is 11.3. The Bertz CT molecular complexity index is 462. The van der Waals surface area contributed by atoms with E-state index in [9.17, 15) is 22.8 Å². The Morgan fingerprint density at radius 1 is 1.47 bits per heavy atom. The number of hydrogen-bond donors (Lipinski definition) is 2. The van der Waals surface area contributed by atoms with Crippen LogP contribution in [0.2, 0.25) is 0 Å². The van der Waals surface area contributed by atoms with Gasteiger partial charge in [-0.15, -0.1) is 23.1 Å². The molecule has 0 aliphatic carbocycles. The van der Waals surface area contributed by atoms with Crippen LogP contribution in [0, 0.1) is 0 Å². The zero-order valence-electron chi connectivity index (χ0n) is 9.36. The van der Waals surface area contributed by atoms with Gasteiger partial charge in [0.25, 0.3) is 0 Å². The SMILES string of the molecule is O=C(CSCC(F)(F)F)NCc1nc(C(=O)O)cs1. The summed E-state index contributed by atoms with van der Waals surface area (Å²) < 4.78 is 35.5. The molecule has 0 saturated heterocycles. The maximum atomic E-state index is 11.8. The molecule has 0 aromatic carbocycles. The molecule has 0 aliphatic rings. The molecular weight excluding hydrogens is 305 g/mol. The van der Waals surface area contributed by atoms with Gasteiger partial charge in [-0.25, -0.2) is 9.78 Å². The topological polar surface area (TPSA) is 79.3 Å². The van der Waals surface area contributed by atoms with Crippen molar-refractivity contribution in [1.82, 2.24) is 10.3 Å². The number of carboxylic acids is 1. The van der Waals surface area contributed by atoms with Crippen LogP contribution in [0.5, 0.6) is 0 Å². The summed E-state index contributed by atoms with van der Waals surface area (Å²) in [7, 11) is 0. The van der Waals surface area contributed by atoms with Crippen LogP contribution in [0.15, 0.2) is 5.38 Å². The van der Waals surface area contributed by atoms with Gasteiger partial charge in [0.15, 0.2) is 5.69 Å². The zero-order valence-corrected chi connectivity index (χ0v) is 11.0. The number of amides is 1. The van der Waals surface area contributed by atoms with Gasteiger partial charge in [-0.3, -0.25) is 4.79 Å². The lowest BCUT2D eigenvalue weighted by molar-refractivity contribution is -0.118. The summed E-state index contributed by atoms with van der Waals surface area (Å²) in [5.41, 5.74) is -0.124. The Labute approximate surface area is 114 Å². The third-order valence-corrected chi connectivity index (χ3v) is 3.55. The highest BCUT2D eigenvalue weighted by Gasteiger charge is 2.27. The highest BCUT2D eigenvalue weighted by Crippen LogP contribution is 2.20. The molecule has 0 fully saturated rings. The number of nitrogens with one attached hydrogen (secondary N) is 1. The van der Waals surface area contributed by atoms with Gasteiger partial charge in [0.1, 0.15) is 5.01 Å². The van der Waals surface area contributed by atoms with Crippen LogP contribution in [0.3, 0.4) is 0 Å². The van der Waals surface area contributed by atoms with E-state index in [2.05, 4.69) is 10.3 Å². The van der Waals surface area contributed by atoms with E-state index in [1.807, 2.05) is 0 Å². The standard InChI is InChI=1S/C9H9F3N2O3S2/c10-9(11,12)4-18-3-6(15)13-1-7-14-5(2-19-7)8(16)17/h2H,1,3-4H2,(H,13,15)(H,16,17). The summed E-state index contributed by atoms with van der Waals surface area (Å²) in [6, 6.07) is 0. The lowest BCUT2D eigenvalue weighted by atomic mass is 10.5.